The molecule has 0 aliphatic heterocycles. The minimum atomic E-state index is -0.751. The summed E-state index contributed by atoms with van der Waals surface area (Å²) in [4.78, 5) is 23.8. The maximum atomic E-state index is 11.6. The Labute approximate surface area is 116 Å². The Morgan fingerprint density at radius 1 is 1.25 bits per heavy atom. The van der Waals surface area contributed by atoms with Gasteiger partial charge in [0.2, 0.25) is 0 Å². The summed E-state index contributed by atoms with van der Waals surface area (Å²) in [5.41, 5.74) is 0.777. The molecule has 0 fully saturated rings. The van der Waals surface area contributed by atoms with Crippen molar-refractivity contribution in [2.75, 3.05) is 5.32 Å². The molecule has 0 aliphatic rings. The number of carbonyl (C=O) groups excluding carboxylic acids is 1. The molecule has 2 heterocycles. The van der Waals surface area contributed by atoms with Crippen LogP contribution in [0, 0.1) is 5.21 Å². The van der Waals surface area contributed by atoms with E-state index in [2.05, 4.69) is 20.3 Å². The van der Waals surface area contributed by atoms with Gasteiger partial charge in [0.25, 0.3) is 0 Å². The van der Waals surface area contributed by atoms with Crippen molar-refractivity contribution >= 4 is 11.8 Å². The molecule has 0 spiro atoms. The first-order valence-corrected chi connectivity index (χ1v) is 6.08. The molecule has 0 aromatic carbocycles. The van der Waals surface area contributed by atoms with Gasteiger partial charge in [-0.05, 0) is 32.0 Å². The van der Waals surface area contributed by atoms with Gasteiger partial charge in [-0.1, -0.05) is 0 Å². The lowest BCUT2D eigenvalue weighted by Crippen LogP contribution is -2.35. The minimum absolute atomic E-state index is 0.276. The molecular formula is C13H14N5O2-. The number of amides is 2. The molecule has 2 rings (SSSR count). The van der Waals surface area contributed by atoms with E-state index in [9.17, 15) is 10.0 Å². The molecule has 1 N–H and O–H groups in total. The van der Waals surface area contributed by atoms with Crippen LogP contribution < -0.4 is 5.32 Å². The van der Waals surface area contributed by atoms with Crippen LogP contribution in [0.3, 0.4) is 0 Å². The lowest BCUT2D eigenvalue weighted by Gasteiger charge is -2.32. The molecule has 0 aliphatic carbocycles. The van der Waals surface area contributed by atoms with E-state index in [4.69, 9.17) is 0 Å². The first kappa shape index (κ1) is 13.9. The van der Waals surface area contributed by atoms with Gasteiger partial charge in [0.1, 0.15) is 5.82 Å². The standard InChI is InChI=1S/C13H14N5O2/c1-9(2)18(20)13(19)17-11-5-8-15-12(16-11)10-3-6-14-7-4-10/h3-9H,1-2H3,(H,15,16,17,19)/q-1. The quantitative estimate of drug-likeness (QED) is 0.865. The van der Waals surface area contributed by atoms with Crippen LogP contribution in [0.5, 0.6) is 0 Å². The van der Waals surface area contributed by atoms with Crippen LogP contribution in [-0.4, -0.2) is 32.1 Å². The summed E-state index contributed by atoms with van der Waals surface area (Å²) in [6.07, 6.45) is 4.77. The number of anilines is 1. The van der Waals surface area contributed by atoms with Crippen molar-refractivity contribution in [3.8, 4) is 11.4 Å². The predicted molar refractivity (Wildman–Crippen MR) is 74.6 cm³/mol. The maximum Gasteiger partial charge on any atom is 0.312 e. The molecule has 104 valence electrons. The van der Waals surface area contributed by atoms with Gasteiger partial charge < -0.3 is 10.3 Å². The van der Waals surface area contributed by atoms with E-state index in [-0.39, 0.29) is 5.82 Å². The largest absolute Gasteiger partial charge is 0.755 e. The number of carbonyl (C=O) groups is 1. The van der Waals surface area contributed by atoms with Gasteiger partial charge in [-0.25, -0.2) is 14.8 Å². The fourth-order valence-corrected chi connectivity index (χ4v) is 1.47. The van der Waals surface area contributed by atoms with Crippen molar-refractivity contribution in [1.29, 1.82) is 0 Å². The average Bonchev–Trinajstić information content (AvgIpc) is 2.47. The smallest absolute Gasteiger partial charge is 0.312 e. The molecular weight excluding hydrogens is 258 g/mol. The predicted octanol–water partition coefficient (Wildman–Crippen LogP) is 2.28. The summed E-state index contributed by atoms with van der Waals surface area (Å²) >= 11 is 0. The van der Waals surface area contributed by atoms with Crippen molar-refractivity contribution in [2.24, 2.45) is 0 Å². The van der Waals surface area contributed by atoms with Gasteiger partial charge in [0, 0.05) is 30.2 Å². The number of urea groups is 1. The zero-order chi connectivity index (χ0) is 14.5. The van der Waals surface area contributed by atoms with Crippen LogP contribution in [-0.2, 0) is 0 Å². The number of hydrogen-bond donors (Lipinski definition) is 1. The monoisotopic (exact) mass is 272 g/mol. The van der Waals surface area contributed by atoms with Crippen LogP contribution in [0.1, 0.15) is 13.8 Å². The highest BCUT2D eigenvalue weighted by Crippen LogP contribution is 2.15. The third-order valence-corrected chi connectivity index (χ3v) is 2.50. The minimum Gasteiger partial charge on any atom is -0.755 e. The van der Waals surface area contributed by atoms with Gasteiger partial charge in [-0.3, -0.25) is 10.3 Å². The van der Waals surface area contributed by atoms with Gasteiger partial charge in [0.05, 0.1) is 0 Å². The van der Waals surface area contributed by atoms with Crippen LogP contribution in [0.4, 0.5) is 10.6 Å². The number of rotatable bonds is 3. The SMILES string of the molecule is CC(C)N([O-])C(=O)Nc1ccnc(-c2ccncc2)n1. The normalized spacial score (nSPS) is 10.4. The van der Waals surface area contributed by atoms with Gasteiger partial charge in [-0.15, -0.1) is 0 Å². The van der Waals surface area contributed by atoms with Gasteiger partial charge in [0.15, 0.2) is 5.82 Å². The molecule has 7 heteroatoms. The van der Waals surface area contributed by atoms with Crippen molar-refractivity contribution in [3.63, 3.8) is 0 Å². The highest BCUT2D eigenvalue weighted by molar-refractivity contribution is 5.88. The number of nitrogens with one attached hydrogen (secondary N) is 1. The molecule has 0 saturated heterocycles. The summed E-state index contributed by atoms with van der Waals surface area (Å²) in [5.74, 6) is 0.727. The van der Waals surface area contributed by atoms with E-state index in [0.29, 0.717) is 10.9 Å². The van der Waals surface area contributed by atoms with Crippen molar-refractivity contribution in [2.45, 2.75) is 19.9 Å². The lowest BCUT2D eigenvalue weighted by molar-refractivity contribution is 0.219. The Kier molecular flexibility index (Phi) is 4.21. The summed E-state index contributed by atoms with van der Waals surface area (Å²) in [7, 11) is 0. The molecule has 0 radical (unpaired) electrons. The van der Waals surface area contributed by atoms with Crippen LogP contribution >= 0.6 is 0 Å². The molecule has 0 saturated carbocycles. The van der Waals surface area contributed by atoms with E-state index >= 15 is 0 Å². The zero-order valence-corrected chi connectivity index (χ0v) is 11.1. The molecule has 2 amide bonds. The third kappa shape index (κ3) is 3.27. The second kappa shape index (κ2) is 6.07. The summed E-state index contributed by atoms with van der Waals surface area (Å²) in [6, 6.07) is 3.86. The van der Waals surface area contributed by atoms with E-state index in [0.717, 1.165) is 5.56 Å². The molecule has 2 aromatic rings. The molecule has 0 atom stereocenters. The number of pyridine rings is 1. The molecule has 0 unspecified atom stereocenters. The number of nitrogens with zero attached hydrogens (tertiary/aromatic N) is 4. The van der Waals surface area contributed by atoms with E-state index in [1.54, 1.807) is 38.4 Å². The third-order valence-electron chi connectivity index (χ3n) is 2.50. The first-order valence-electron chi connectivity index (χ1n) is 6.08. The summed E-state index contributed by atoms with van der Waals surface area (Å²) < 4.78 is 0. The fraction of sp³-hybridized carbons (Fsp3) is 0.231. The molecule has 2 aromatic heterocycles. The number of hydrogen-bond acceptors (Lipinski definition) is 5. The molecule has 0 bridgehead atoms. The van der Waals surface area contributed by atoms with Crippen molar-refractivity contribution in [1.82, 2.24) is 20.0 Å². The Morgan fingerprint density at radius 3 is 2.60 bits per heavy atom. The van der Waals surface area contributed by atoms with Gasteiger partial charge >= 0.3 is 6.03 Å². The van der Waals surface area contributed by atoms with Crippen molar-refractivity contribution in [3.05, 3.63) is 42.0 Å². The van der Waals surface area contributed by atoms with E-state index in [1.165, 1.54) is 12.3 Å². The maximum absolute atomic E-state index is 11.6. The molecule has 7 nitrogen and oxygen atoms in total. The van der Waals surface area contributed by atoms with E-state index < -0.39 is 12.1 Å². The second-order valence-corrected chi connectivity index (χ2v) is 4.35. The van der Waals surface area contributed by atoms with E-state index in [1.807, 2.05) is 0 Å². The fourth-order valence-electron chi connectivity index (χ4n) is 1.47. The Morgan fingerprint density at radius 2 is 1.95 bits per heavy atom. The highest BCUT2D eigenvalue weighted by Gasteiger charge is 2.09. The van der Waals surface area contributed by atoms with Gasteiger partial charge in [-0.2, -0.15) is 0 Å². The summed E-state index contributed by atoms with van der Waals surface area (Å²) in [5, 5.41) is 14.3. The number of aromatic nitrogens is 3. The summed E-state index contributed by atoms with van der Waals surface area (Å²) in [6.45, 7) is 3.27. The average molecular weight is 272 g/mol. The van der Waals surface area contributed by atoms with Crippen LogP contribution in [0.25, 0.3) is 11.4 Å². The number of hydroxylamine groups is 2. The first-order chi connectivity index (χ1) is 9.58. The second-order valence-electron chi connectivity index (χ2n) is 4.35. The van der Waals surface area contributed by atoms with Crippen LogP contribution in [0.15, 0.2) is 36.8 Å². The lowest BCUT2D eigenvalue weighted by atomic mass is 10.2. The Hall–Kier alpha value is -2.54. The zero-order valence-electron chi connectivity index (χ0n) is 11.1. The highest BCUT2D eigenvalue weighted by atomic mass is 16.5. The Bertz CT molecular complexity index is 588. The van der Waals surface area contributed by atoms with Crippen molar-refractivity contribution < 1.29 is 4.79 Å². The molecule has 20 heavy (non-hydrogen) atoms. The van der Waals surface area contributed by atoms with Crippen LogP contribution in [0.2, 0.25) is 0 Å². The Balaban J connectivity index is 2.17. The topological polar surface area (TPSA) is 94.1 Å².